The third-order valence-corrected chi connectivity index (χ3v) is 11.0. The number of carbonyl (C=O) groups excluding carboxylic acids is 1. The van der Waals surface area contributed by atoms with E-state index < -0.39 is 8.32 Å². The van der Waals surface area contributed by atoms with Gasteiger partial charge in [0.2, 0.25) is 0 Å². The lowest BCUT2D eigenvalue weighted by molar-refractivity contribution is -0.148. The van der Waals surface area contributed by atoms with Crippen molar-refractivity contribution in [2.24, 2.45) is 5.92 Å². The van der Waals surface area contributed by atoms with Crippen molar-refractivity contribution in [1.82, 2.24) is 14.5 Å². The molecule has 1 aliphatic rings. The van der Waals surface area contributed by atoms with E-state index in [2.05, 4.69) is 60.7 Å². The number of carbonyl (C=O) groups is 1. The number of esters is 1. The van der Waals surface area contributed by atoms with Crippen LogP contribution in [0.5, 0.6) is 0 Å². The van der Waals surface area contributed by atoms with E-state index in [1.807, 2.05) is 6.92 Å². The van der Waals surface area contributed by atoms with Crippen LogP contribution in [0.2, 0.25) is 18.1 Å². The van der Waals surface area contributed by atoms with Crippen LogP contribution in [0, 0.1) is 12.8 Å². The predicted molar refractivity (Wildman–Crippen MR) is 113 cm³/mol. The summed E-state index contributed by atoms with van der Waals surface area (Å²) >= 11 is 0. The Morgan fingerprint density at radius 2 is 2.00 bits per heavy atom. The van der Waals surface area contributed by atoms with Crippen molar-refractivity contribution in [2.45, 2.75) is 77.7 Å². The molecule has 1 aliphatic carbocycles. The molecule has 2 aromatic rings. The minimum Gasteiger partial charge on any atom is -0.462 e. The molecule has 2 aromatic heterocycles. The van der Waals surface area contributed by atoms with Gasteiger partial charge in [-0.1, -0.05) is 20.8 Å². The number of nitrogens with zero attached hydrogens (tertiary/aromatic N) is 3. The average Bonchev–Trinajstić information content (AvgIpc) is 3.16. The molecule has 0 radical (unpaired) electrons. The van der Waals surface area contributed by atoms with Gasteiger partial charge in [-0.25, -0.2) is 9.97 Å². The number of hydrogen-bond donors (Lipinski definition) is 0. The van der Waals surface area contributed by atoms with E-state index >= 15 is 0 Å². The minimum absolute atomic E-state index is 0.118. The molecule has 2 heterocycles. The van der Waals surface area contributed by atoms with Crippen LogP contribution >= 0.6 is 0 Å². The summed E-state index contributed by atoms with van der Waals surface area (Å²) in [5, 5.41) is 1.24. The molecule has 0 unspecified atom stereocenters. The van der Waals surface area contributed by atoms with Gasteiger partial charge in [0.25, 0.3) is 0 Å². The Kier molecular flexibility index (Phi) is 5.69. The van der Waals surface area contributed by atoms with Crippen molar-refractivity contribution in [3.8, 4) is 0 Å². The van der Waals surface area contributed by atoms with Crippen molar-refractivity contribution in [3.63, 3.8) is 0 Å². The lowest BCUT2D eigenvalue weighted by Gasteiger charge is -2.37. The molecule has 6 nitrogen and oxygen atoms in total. The van der Waals surface area contributed by atoms with Gasteiger partial charge in [0.15, 0.2) is 8.32 Å². The van der Waals surface area contributed by atoms with Crippen LogP contribution in [0.25, 0.3) is 11.0 Å². The highest BCUT2D eigenvalue weighted by atomic mass is 28.4. The molecule has 0 amide bonds. The second-order valence-corrected chi connectivity index (χ2v) is 14.3. The van der Waals surface area contributed by atoms with Crippen LogP contribution in [0.3, 0.4) is 0 Å². The van der Waals surface area contributed by atoms with E-state index in [4.69, 9.17) is 9.16 Å². The quantitative estimate of drug-likeness (QED) is 0.537. The van der Waals surface area contributed by atoms with Gasteiger partial charge in [0.05, 0.1) is 5.69 Å². The highest BCUT2D eigenvalue weighted by molar-refractivity contribution is 6.74. The van der Waals surface area contributed by atoms with Gasteiger partial charge in [-0.05, 0) is 37.5 Å². The SMILES string of the molecule is CC(=O)O[C@H]1C[C@H](n2ccc3c(C)ncnc32)C[C@H]1CO[Si](C)(C)C(C)(C)C. The Morgan fingerprint density at radius 1 is 1.29 bits per heavy atom. The lowest BCUT2D eigenvalue weighted by atomic mass is 10.1. The fraction of sp³-hybridized carbons (Fsp3) is 0.667. The van der Waals surface area contributed by atoms with E-state index in [1.165, 1.54) is 6.92 Å². The zero-order chi connectivity index (χ0) is 20.7. The van der Waals surface area contributed by atoms with Crippen molar-refractivity contribution >= 4 is 25.3 Å². The number of hydrogen-bond acceptors (Lipinski definition) is 5. The number of ether oxygens (including phenoxy) is 1. The van der Waals surface area contributed by atoms with Gasteiger partial charge in [-0.2, -0.15) is 0 Å². The third-order valence-electron chi connectivity index (χ3n) is 6.49. The molecule has 0 N–H and O–H groups in total. The second kappa shape index (κ2) is 7.59. The van der Waals surface area contributed by atoms with Gasteiger partial charge < -0.3 is 13.7 Å². The molecule has 7 heteroatoms. The molecule has 0 saturated heterocycles. The first-order valence-electron chi connectivity index (χ1n) is 10.1. The molecule has 1 fully saturated rings. The van der Waals surface area contributed by atoms with Crippen LogP contribution in [0.4, 0.5) is 0 Å². The van der Waals surface area contributed by atoms with E-state index in [0.717, 1.165) is 29.6 Å². The average molecular weight is 404 g/mol. The molecule has 28 heavy (non-hydrogen) atoms. The molecule has 1 saturated carbocycles. The molecule has 0 aromatic carbocycles. The molecule has 0 spiro atoms. The van der Waals surface area contributed by atoms with Gasteiger partial charge in [-0.15, -0.1) is 0 Å². The lowest BCUT2D eigenvalue weighted by Crippen LogP contribution is -2.42. The molecule has 0 aliphatic heterocycles. The monoisotopic (exact) mass is 403 g/mol. The van der Waals surface area contributed by atoms with Crippen LogP contribution < -0.4 is 0 Å². The Morgan fingerprint density at radius 3 is 2.64 bits per heavy atom. The van der Waals surface area contributed by atoms with Crippen molar-refractivity contribution in [1.29, 1.82) is 0 Å². The first-order chi connectivity index (χ1) is 13.0. The topological polar surface area (TPSA) is 66.2 Å². The molecule has 154 valence electrons. The number of fused-ring (bicyclic) bond motifs is 1. The molecular formula is C21H33N3O3Si. The molecule has 3 atom stereocenters. The molecular weight excluding hydrogens is 370 g/mol. The summed E-state index contributed by atoms with van der Waals surface area (Å²) < 4.78 is 14.4. The highest BCUT2D eigenvalue weighted by Crippen LogP contribution is 2.41. The maximum Gasteiger partial charge on any atom is 0.302 e. The van der Waals surface area contributed by atoms with Gasteiger partial charge in [0.1, 0.15) is 18.1 Å². The van der Waals surface area contributed by atoms with Gasteiger partial charge in [-0.3, -0.25) is 4.79 Å². The first kappa shape index (κ1) is 21.0. The molecule has 3 rings (SSSR count). The van der Waals surface area contributed by atoms with Gasteiger partial charge >= 0.3 is 5.97 Å². The third kappa shape index (κ3) is 4.15. The van der Waals surface area contributed by atoms with Crippen molar-refractivity contribution in [3.05, 3.63) is 24.3 Å². The predicted octanol–water partition coefficient (Wildman–Crippen LogP) is 4.64. The fourth-order valence-corrected chi connectivity index (χ4v) is 4.81. The smallest absolute Gasteiger partial charge is 0.302 e. The standard InChI is InChI=1S/C21H33N3O3Si/c1-14-18-8-9-24(20(18)23-13-22-14)17-10-16(19(11-17)27-15(2)25)12-26-28(6,7)21(3,4)5/h8-9,13,16-17,19H,10-12H2,1-7H3/t16-,17+,19-/m0/s1. The van der Waals surface area contributed by atoms with Crippen LogP contribution in [0.15, 0.2) is 18.6 Å². The Hall–Kier alpha value is -1.73. The number of aromatic nitrogens is 3. The van der Waals surface area contributed by atoms with Crippen LogP contribution in [-0.2, 0) is 14.0 Å². The largest absolute Gasteiger partial charge is 0.462 e. The van der Waals surface area contributed by atoms with Gasteiger partial charge in [0, 0.05) is 43.5 Å². The first-order valence-corrected chi connectivity index (χ1v) is 13.0. The Balaban J connectivity index is 1.80. The summed E-state index contributed by atoms with van der Waals surface area (Å²) in [5.74, 6) is -0.0260. The maximum atomic E-state index is 11.7. The Labute approximate surface area is 168 Å². The summed E-state index contributed by atoms with van der Waals surface area (Å²) in [6.07, 6.45) is 5.29. The minimum atomic E-state index is -1.85. The highest BCUT2D eigenvalue weighted by Gasteiger charge is 2.42. The summed E-state index contributed by atoms with van der Waals surface area (Å²) in [6.45, 7) is 15.4. The second-order valence-electron chi connectivity index (χ2n) is 9.52. The van der Waals surface area contributed by atoms with E-state index in [9.17, 15) is 4.79 Å². The van der Waals surface area contributed by atoms with E-state index in [0.29, 0.717) is 6.61 Å². The fourth-order valence-electron chi connectivity index (χ4n) is 3.74. The summed E-state index contributed by atoms with van der Waals surface area (Å²) in [6, 6.07) is 2.31. The normalized spacial score (nSPS) is 23.3. The van der Waals surface area contributed by atoms with Crippen molar-refractivity contribution < 1.29 is 14.0 Å². The van der Waals surface area contributed by atoms with Crippen molar-refractivity contribution in [2.75, 3.05) is 6.61 Å². The zero-order valence-electron chi connectivity index (χ0n) is 18.2. The Bertz CT molecular complexity index is 856. The maximum absolute atomic E-state index is 11.7. The number of aryl methyl sites for hydroxylation is 1. The molecule has 0 bridgehead atoms. The summed E-state index contributed by atoms with van der Waals surface area (Å²) in [5.41, 5.74) is 1.93. The van der Waals surface area contributed by atoms with Crippen LogP contribution in [0.1, 0.15) is 52.3 Å². The summed E-state index contributed by atoms with van der Waals surface area (Å²) in [4.78, 5) is 20.5. The number of rotatable bonds is 5. The van der Waals surface area contributed by atoms with Crippen LogP contribution in [-0.4, -0.2) is 41.5 Å². The summed E-state index contributed by atoms with van der Waals surface area (Å²) in [7, 11) is -1.85. The van der Waals surface area contributed by atoms with E-state index in [1.54, 1.807) is 6.33 Å². The zero-order valence-corrected chi connectivity index (χ0v) is 19.2. The van der Waals surface area contributed by atoms with E-state index in [-0.39, 0.29) is 29.1 Å².